The number of hydrogen-bond acceptors (Lipinski definition) is 5. The minimum atomic E-state index is 0.0434. The maximum absolute atomic E-state index is 13.1. The molecule has 1 fully saturated rings. The number of nitrogens with zero attached hydrogens (tertiary/aromatic N) is 7. The van der Waals surface area contributed by atoms with Crippen LogP contribution in [0.4, 0.5) is 0 Å². The van der Waals surface area contributed by atoms with Gasteiger partial charge in [-0.2, -0.15) is 4.68 Å². The molecule has 1 aromatic carbocycles. The number of piperidine rings is 1. The molecule has 8 heteroatoms. The molecule has 1 amide bonds. The van der Waals surface area contributed by atoms with E-state index in [0.29, 0.717) is 17.9 Å². The summed E-state index contributed by atoms with van der Waals surface area (Å²) in [5, 5.41) is 11.6. The smallest absolute Gasteiger partial charge is 0.253 e. The lowest BCUT2D eigenvalue weighted by Gasteiger charge is -2.32. The Labute approximate surface area is 157 Å². The van der Waals surface area contributed by atoms with E-state index in [0.717, 1.165) is 37.4 Å². The van der Waals surface area contributed by atoms with Crippen molar-refractivity contribution in [1.82, 2.24) is 34.7 Å². The number of hydrogen-bond donors (Lipinski definition) is 0. The second-order valence-electron chi connectivity index (χ2n) is 6.85. The van der Waals surface area contributed by atoms with Crippen molar-refractivity contribution in [2.45, 2.75) is 39.2 Å². The number of carbonyl (C=O) groups is 1. The molecule has 140 valence electrons. The number of likely N-dealkylation sites (tertiary alicyclic amines) is 1. The maximum atomic E-state index is 13.1. The zero-order valence-corrected chi connectivity index (χ0v) is 15.6. The van der Waals surface area contributed by atoms with Crippen molar-refractivity contribution in [3.63, 3.8) is 0 Å². The van der Waals surface area contributed by atoms with Crippen molar-refractivity contribution >= 4 is 5.91 Å². The van der Waals surface area contributed by atoms with Gasteiger partial charge in [0.25, 0.3) is 5.91 Å². The van der Waals surface area contributed by atoms with Gasteiger partial charge < -0.3 is 9.47 Å². The van der Waals surface area contributed by atoms with Crippen molar-refractivity contribution in [3.8, 4) is 5.69 Å². The van der Waals surface area contributed by atoms with Crippen LogP contribution in [0.2, 0.25) is 0 Å². The molecule has 1 atom stereocenters. The van der Waals surface area contributed by atoms with E-state index < -0.39 is 0 Å². The van der Waals surface area contributed by atoms with Gasteiger partial charge in [-0.3, -0.25) is 4.79 Å². The fraction of sp³-hybridized carbons (Fsp3) is 0.421. The highest BCUT2D eigenvalue weighted by Gasteiger charge is 2.28. The van der Waals surface area contributed by atoms with E-state index in [9.17, 15) is 4.79 Å². The Morgan fingerprint density at radius 1 is 1.33 bits per heavy atom. The summed E-state index contributed by atoms with van der Waals surface area (Å²) >= 11 is 0. The third kappa shape index (κ3) is 3.34. The fourth-order valence-corrected chi connectivity index (χ4v) is 3.74. The monoisotopic (exact) mass is 365 g/mol. The first-order chi connectivity index (χ1) is 13.2. The van der Waals surface area contributed by atoms with Crippen molar-refractivity contribution in [2.24, 2.45) is 0 Å². The Morgan fingerprint density at radius 2 is 2.22 bits per heavy atom. The normalized spacial score (nSPS) is 17.3. The lowest BCUT2D eigenvalue weighted by molar-refractivity contribution is 0.0703. The van der Waals surface area contributed by atoms with Crippen LogP contribution in [0.15, 0.2) is 36.7 Å². The first-order valence-corrected chi connectivity index (χ1v) is 9.33. The molecular weight excluding hydrogens is 342 g/mol. The van der Waals surface area contributed by atoms with Crippen LogP contribution in [0.5, 0.6) is 0 Å². The Balaban J connectivity index is 1.55. The highest BCUT2D eigenvalue weighted by Crippen LogP contribution is 2.27. The fourth-order valence-electron chi connectivity index (χ4n) is 3.74. The predicted octanol–water partition coefficient (Wildman–Crippen LogP) is 2.21. The van der Waals surface area contributed by atoms with Gasteiger partial charge in [0.1, 0.15) is 5.82 Å². The Bertz CT molecular complexity index is 945. The Hall–Kier alpha value is -3.03. The minimum absolute atomic E-state index is 0.0434. The third-order valence-corrected chi connectivity index (χ3v) is 5.13. The van der Waals surface area contributed by atoms with Crippen molar-refractivity contribution < 1.29 is 4.79 Å². The number of carbonyl (C=O) groups excluding carboxylic acids is 1. The molecule has 0 bridgehead atoms. The van der Waals surface area contributed by atoms with Gasteiger partial charge in [-0.05, 0) is 55.3 Å². The average molecular weight is 365 g/mol. The summed E-state index contributed by atoms with van der Waals surface area (Å²) in [7, 11) is 0. The summed E-state index contributed by atoms with van der Waals surface area (Å²) in [6, 6.07) is 7.47. The predicted molar refractivity (Wildman–Crippen MR) is 99.7 cm³/mol. The van der Waals surface area contributed by atoms with Crippen molar-refractivity contribution in [3.05, 3.63) is 53.9 Å². The van der Waals surface area contributed by atoms with Crippen LogP contribution < -0.4 is 0 Å². The number of aryl methyl sites for hydroxylation is 2. The van der Waals surface area contributed by atoms with Crippen molar-refractivity contribution in [1.29, 1.82) is 0 Å². The third-order valence-electron chi connectivity index (χ3n) is 5.13. The van der Waals surface area contributed by atoms with Crippen LogP contribution in [0.25, 0.3) is 5.69 Å². The zero-order valence-electron chi connectivity index (χ0n) is 15.6. The standard InChI is InChI=1S/C19H23N7O/c1-3-24-11-9-20-18(24)16-7-5-10-25(13-16)19(27)15-6-4-8-17(12-15)26-14(2)21-22-23-26/h4,6,8-9,11-12,16H,3,5,7,10,13H2,1-2H3. The highest BCUT2D eigenvalue weighted by molar-refractivity contribution is 5.94. The van der Waals surface area contributed by atoms with E-state index in [-0.39, 0.29) is 11.8 Å². The number of benzene rings is 1. The van der Waals surface area contributed by atoms with E-state index in [1.165, 1.54) is 0 Å². The summed E-state index contributed by atoms with van der Waals surface area (Å²) < 4.78 is 3.80. The molecule has 1 saturated heterocycles. The van der Waals surface area contributed by atoms with Gasteiger partial charge in [0.05, 0.1) is 5.69 Å². The molecular formula is C19H23N7O. The van der Waals surface area contributed by atoms with Crippen LogP contribution >= 0.6 is 0 Å². The van der Waals surface area contributed by atoms with Crippen LogP contribution in [-0.2, 0) is 6.54 Å². The van der Waals surface area contributed by atoms with Gasteiger partial charge in [0.15, 0.2) is 5.82 Å². The van der Waals surface area contributed by atoms with Gasteiger partial charge >= 0.3 is 0 Å². The zero-order chi connectivity index (χ0) is 18.8. The van der Waals surface area contributed by atoms with E-state index in [4.69, 9.17) is 0 Å². The van der Waals surface area contributed by atoms with Crippen LogP contribution in [0.1, 0.15) is 47.7 Å². The molecule has 1 aliphatic heterocycles. The number of amides is 1. The average Bonchev–Trinajstić information content (AvgIpc) is 3.36. The molecule has 1 aliphatic rings. The second-order valence-corrected chi connectivity index (χ2v) is 6.85. The SMILES string of the molecule is CCn1ccnc1C1CCCN(C(=O)c2cccc(-n3nnnc3C)c2)C1. The molecule has 3 heterocycles. The summed E-state index contributed by atoms with van der Waals surface area (Å²) in [4.78, 5) is 19.6. The van der Waals surface area contributed by atoms with E-state index in [2.05, 4.69) is 32.0 Å². The summed E-state index contributed by atoms with van der Waals surface area (Å²) in [5.74, 6) is 2.08. The Morgan fingerprint density at radius 3 is 3.00 bits per heavy atom. The topological polar surface area (TPSA) is 81.7 Å². The van der Waals surface area contributed by atoms with E-state index in [1.54, 1.807) is 4.68 Å². The van der Waals surface area contributed by atoms with Gasteiger partial charge in [0, 0.05) is 43.5 Å². The highest BCUT2D eigenvalue weighted by atomic mass is 16.2. The molecule has 0 aliphatic carbocycles. The first kappa shape index (κ1) is 17.4. The van der Waals surface area contributed by atoms with Gasteiger partial charge in [-0.15, -0.1) is 5.10 Å². The number of tetrazole rings is 1. The minimum Gasteiger partial charge on any atom is -0.338 e. The first-order valence-electron chi connectivity index (χ1n) is 9.33. The molecule has 8 nitrogen and oxygen atoms in total. The largest absolute Gasteiger partial charge is 0.338 e. The molecule has 1 unspecified atom stereocenters. The molecule has 4 rings (SSSR count). The summed E-state index contributed by atoms with van der Waals surface area (Å²) in [6.07, 6.45) is 5.90. The van der Waals surface area contributed by atoms with E-state index >= 15 is 0 Å². The van der Waals surface area contributed by atoms with Crippen LogP contribution in [0, 0.1) is 6.92 Å². The summed E-state index contributed by atoms with van der Waals surface area (Å²) in [6.45, 7) is 6.32. The molecule has 0 N–H and O–H groups in total. The quantitative estimate of drug-likeness (QED) is 0.708. The lowest BCUT2D eigenvalue weighted by Crippen LogP contribution is -2.39. The number of aromatic nitrogens is 6. The molecule has 27 heavy (non-hydrogen) atoms. The molecule has 0 radical (unpaired) electrons. The van der Waals surface area contributed by atoms with Gasteiger partial charge in [-0.25, -0.2) is 4.98 Å². The Kier molecular flexibility index (Phi) is 4.70. The molecule has 0 saturated carbocycles. The maximum Gasteiger partial charge on any atom is 0.253 e. The molecule has 3 aromatic rings. The van der Waals surface area contributed by atoms with Crippen LogP contribution in [0.3, 0.4) is 0 Å². The van der Waals surface area contributed by atoms with Crippen LogP contribution in [-0.4, -0.2) is 53.7 Å². The van der Waals surface area contributed by atoms with Gasteiger partial charge in [0.2, 0.25) is 0 Å². The molecule has 0 spiro atoms. The van der Waals surface area contributed by atoms with Crippen molar-refractivity contribution in [2.75, 3.05) is 13.1 Å². The molecule has 2 aromatic heterocycles. The van der Waals surface area contributed by atoms with Gasteiger partial charge in [-0.1, -0.05) is 6.07 Å². The second kappa shape index (κ2) is 7.30. The summed E-state index contributed by atoms with van der Waals surface area (Å²) in [5.41, 5.74) is 1.44. The lowest BCUT2D eigenvalue weighted by atomic mass is 9.96. The number of rotatable bonds is 4. The number of imidazole rings is 1. The van der Waals surface area contributed by atoms with E-state index in [1.807, 2.05) is 48.5 Å².